The van der Waals surface area contributed by atoms with Crippen LogP contribution in [-0.4, -0.2) is 47.7 Å². The van der Waals surface area contributed by atoms with E-state index in [1.807, 2.05) is 0 Å². The first-order valence-electron chi connectivity index (χ1n) is 13.5. The van der Waals surface area contributed by atoms with Crippen LogP contribution < -0.4 is 0 Å². The van der Waals surface area contributed by atoms with Crippen LogP contribution in [0.1, 0.15) is 86.0 Å². The van der Waals surface area contributed by atoms with E-state index in [0.717, 1.165) is 32.1 Å². The maximum absolute atomic E-state index is 12.4. The normalized spacial score (nSPS) is 60.5. The highest BCUT2D eigenvalue weighted by molar-refractivity contribution is 5.74. The number of fused-ring (bicyclic) bond motifs is 4. The molecule has 0 radical (unpaired) electrons. The molecule has 6 rings (SSSR count). The van der Waals surface area contributed by atoms with E-state index in [0.29, 0.717) is 35.0 Å². The zero-order valence-electron chi connectivity index (χ0n) is 21.4. The predicted molar refractivity (Wildman–Crippen MR) is 124 cm³/mol. The van der Waals surface area contributed by atoms with Crippen LogP contribution in [0.15, 0.2) is 0 Å². The van der Waals surface area contributed by atoms with Crippen LogP contribution in [0.2, 0.25) is 0 Å². The molecule has 2 spiro atoms. The third-order valence-electron chi connectivity index (χ3n) is 13.2. The van der Waals surface area contributed by atoms with Gasteiger partial charge in [-0.2, -0.15) is 0 Å². The molecule has 2 N–H and O–H groups in total. The fraction of sp³-hybridized carbons (Fsp3) is 0.964. The molecule has 0 aromatic heterocycles. The van der Waals surface area contributed by atoms with Gasteiger partial charge in [-0.25, -0.2) is 4.79 Å². The van der Waals surface area contributed by atoms with Gasteiger partial charge in [0.05, 0.1) is 25.4 Å². The lowest BCUT2D eigenvalue weighted by molar-refractivity contribution is -0.184. The van der Waals surface area contributed by atoms with E-state index < -0.39 is 12.2 Å². The Morgan fingerprint density at radius 2 is 1.64 bits per heavy atom. The van der Waals surface area contributed by atoms with Crippen LogP contribution in [-0.2, 0) is 14.3 Å². The van der Waals surface area contributed by atoms with E-state index in [-0.39, 0.29) is 40.3 Å². The van der Waals surface area contributed by atoms with Crippen LogP contribution in [0.3, 0.4) is 0 Å². The molecule has 5 heteroatoms. The zero-order valence-corrected chi connectivity index (χ0v) is 21.4. The Kier molecular flexibility index (Phi) is 4.53. The molecule has 1 saturated heterocycles. The van der Waals surface area contributed by atoms with Crippen molar-refractivity contribution in [1.82, 2.24) is 0 Å². The molecule has 0 aromatic rings. The Hall–Kier alpha value is -0.650. The van der Waals surface area contributed by atoms with Crippen molar-refractivity contribution >= 4 is 5.97 Å². The quantitative estimate of drug-likeness (QED) is 0.570. The fourth-order valence-electron chi connectivity index (χ4n) is 11.6. The molecule has 1 aliphatic heterocycles. The Labute approximate surface area is 199 Å². The summed E-state index contributed by atoms with van der Waals surface area (Å²) in [5.41, 5.74) is 0.420. The third kappa shape index (κ3) is 2.34. The molecule has 6 fully saturated rings. The number of carbonyl (C=O) groups excluding carboxylic acids is 1. The van der Waals surface area contributed by atoms with Crippen molar-refractivity contribution in [2.75, 3.05) is 7.11 Å². The van der Waals surface area contributed by atoms with Gasteiger partial charge in [-0.05, 0) is 96.7 Å². The minimum absolute atomic E-state index is 0.00776. The lowest BCUT2D eigenvalue weighted by Gasteiger charge is -2.63. The van der Waals surface area contributed by atoms with Crippen molar-refractivity contribution in [2.24, 2.45) is 50.7 Å². The highest BCUT2D eigenvalue weighted by atomic mass is 16.6. The molecule has 0 amide bonds. The van der Waals surface area contributed by atoms with Gasteiger partial charge < -0.3 is 19.7 Å². The number of ether oxygens (including phenoxy) is 2. The monoisotopic (exact) mass is 460 g/mol. The van der Waals surface area contributed by atoms with E-state index in [4.69, 9.17) is 9.47 Å². The first-order valence-corrected chi connectivity index (χ1v) is 13.5. The van der Waals surface area contributed by atoms with Gasteiger partial charge in [0.15, 0.2) is 6.10 Å². The Morgan fingerprint density at radius 1 is 0.970 bits per heavy atom. The predicted octanol–water partition coefficient (Wildman–Crippen LogP) is 4.33. The SMILES string of the molecule is COC(=O)C1C[C@@H](C)C2C(O1)[C@H](O)[C@@]1(C)[C@@H]3CC[C@H]4C(C)(C)C(O)CC[C@@]45CC35CC[C@]21C. The Bertz CT molecular complexity index is 870. The number of hydrogen-bond acceptors (Lipinski definition) is 5. The number of aliphatic hydroxyl groups is 2. The summed E-state index contributed by atoms with van der Waals surface area (Å²) < 4.78 is 11.4. The van der Waals surface area contributed by atoms with E-state index >= 15 is 0 Å². The highest BCUT2D eigenvalue weighted by Crippen LogP contribution is 2.89. The summed E-state index contributed by atoms with van der Waals surface area (Å²) in [6.07, 6.45) is 7.09. The number of hydrogen-bond donors (Lipinski definition) is 2. The molecular formula is C28H44O5. The molecule has 5 aliphatic carbocycles. The lowest BCUT2D eigenvalue weighted by Crippen LogP contribution is -2.59. The maximum atomic E-state index is 12.4. The van der Waals surface area contributed by atoms with Crippen molar-refractivity contribution in [3.8, 4) is 0 Å². The van der Waals surface area contributed by atoms with E-state index in [1.165, 1.54) is 20.0 Å². The average Bonchev–Trinajstić information content (AvgIpc) is 3.41. The summed E-state index contributed by atoms with van der Waals surface area (Å²) in [7, 11) is 1.42. The number of methoxy groups -OCH3 is 1. The molecular weight excluding hydrogens is 416 g/mol. The van der Waals surface area contributed by atoms with Crippen LogP contribution in [0, 0.1) is 50.7 Å². The fourth-order valence-corrected chi connectivity index (χ4v) is 11.6. The summed E-state index contributed by atoms with van der Waals surface area (Å²) in [4.78, 5) is 12.4. The first-order chi connectivity index (χ1) is 15.4. The van der Waals surface area contributed by atoms with Crippen LogP contribution in [0.25, 0.3) is 0 Å². The van der Waals surface area contributed by atoms with Crippen LogP contribution in [0.4, 0.5) is 0 Å². The van der Waals surface area contributed by atoms with Crippen molar-refractivity contribution in [3.63, 3.8) is 0 Å². The maximum Gasteiger partial charge on any atom is 0.334 e. The largest absolute Gasteiger partial charge is 0.467 e. The van der Waals surface area contributed by atoms with Crippen LogP contribution in [0.5, 0.6) is 0 Å². The molecule has 1 heterocycles. The molecule has 186 valence electrons. The number of carbonyl (C=O) groups is 1. The molecule has 5 nitrogen and oxygen atoms in total. The van der Waals surface area contributed by atoms with Gasteiger partial charge in [-0.15, -0.1) is 0 Å². The molecule has 0 aromatic carbocycles. The molecule has 33 heavy (non-hydrogen) atoms. The smallest absolute Gasteiger partial charge is 0.334 e. The topological polar surface area (TPSA) is 76.0 Å². The van der Waals surface area contributed by atoms with Gasteiger partial charge in [-0.1, -0.05) is 34.6 Å². The average molecular weight is 461 g/mol. The molecule has 6 aliphatic rings. The highest BCUT2D eigenvalue weighted by Gasteiger charge is 2.84. The molecule has 0 bridgehead atoms. The van der Waals surface area contributed by atoms with Crippen molar-refractivity contribution < 1.29 is 24.5 Å². The van der Waals surface area contributed by atoms with Crippen molar-refractivity contribution in [3.05, 3.63) is 0 Å². The third-order valence-corrected chi connectivity index (χ3v) is 13.2. The summed E-state index contributed by atoms with van der Waals surface area (Å²) in [6, 6.07) is 0. The van der Waals surface area contributed by atoms with Gasteiger partial charge in [0.25, 0.3) is 0 Å². The lowest BCUT2D eigenvalue weighted by atomic mass is 9.41. The number of esters is 1. The standard InChI is InChI=1S/C28H44O5/c1-15-13-16(23(31)32-6)33-21-20(15)25(4)11-12-28-14-27(28)10-9-19(29)24(2,3)17(27)7-8-18(28)26(25,5)22(21)30/h15-22,29-30H,7-14H2,1-6H3/t15-,16?,17+,18+,19?,20?,21?,22+,25-,26-,27-,28?/m1/s1. The summed E-state index contributed by atoms with van der Waals surface area (Å²) in [5, 5.41) is 22.9. The van der Waals surface area contributed by atoms with E-state index in [9.17, 15) is 15.0 Å². The van der Waals surface area contributed by atoms with Gasteiger partial charge in [0, 0.05) is 5.41 Å². The minimum Gasteiger partial charge on any atom is -0.467 e. The van der Waals surface area contributed by atoms with E-state index in [1.54, 1.807) is 0 Å². The minimum atomic E-state index is -0.564. The van der Waals surface area contributed by atoms with Gasteiger partial charge in [-0.3, -0.25) is 0 Å². The van der Waals surface area contributed by atoms with Crippen LogP contribution >= 0.6 is 0 Å². The molecule has 5 saturated carbocycles. The molecule has 5 unspecified atom stereocenters. The number of rotatable bonds is 1. The Morgan fingerprint density at radius 3 is 2.33 bits per heavy atom. The van der Waals surface area contributed by atoms with Crippen molar-refractivity contribution in [1.29, 1.82) is 0 Å². The van der Waals surface area contributed by atoms with Gasteiger partial charge in [0.2, 0.25) is 0 Å². The van der Waals surface area contributed by atoms with Crippen molar-refractivity contribution in [2.45, 2.75) is 110 Å². The summed E-state index contributed by atoms with van der Waals surface area (Å²) in [6.45, 7) is 11.7. The Balaban J connectivity index is 1.39. The first kappa shape index (κ1) is 22.8. The van der Waals surface area contributed by atoms with Gasteiger partial charge in [0.1, 0.15) is 0 Å². The second-order valence-electron chi connectivity index (χ2n) is 14.0. The second-order valence-corrected chi connectivity index (χ2v) is 14.0. The summed E-state index contributed by atoms with van der Waals surface area (Å²) >= 11 is 0. The molecule has 12 atom stereocenters. The van der Waals surface area contributed by atoms with E-state index in [2.05, 4.69) is 34.6 Å². The second kappa shape index (κ2) is 6.56. The zero-order chi connectivity index (χ0) is 23.8. The van der Waals surface area contributed by atoms with Gasteiger partial charge >= 0.3 is 5.97 Å². The number of aliphatic hydroxyl groups excluding tert-OH is 2. The summed E-state index contributed by atoms with van der Waals surface area (Å²) in [5.74, 6) is 1.35.